The molecule has 0 aliphatic rings. The molecule has 1 aromatic heterocycles. The van der Waals surface area contributed by atoms with Crippen molar-refractivity contribution in [2.75, 3.05) is 6.26 Å². The van der Waals surface area contributed by atoms with Crippen LogP contribution in [0, 0.1) is 0 Å². The number of sulfone groups is 1. The fraction of sp³-hybridized carbons (Fsp3) is 0.267. The Labute approximate surface area is 132 Å². The number of aromatic nitrogens is 2. The zero-order valence-corrected chi connectivity index (χ0v) is 13.4. The number of nitrogens with zero attached hydrogens (tertiary/aromatic N) is 2. The molecule has 2 aromatic rings. The van der Waals surface area contributed by atoms with E-state index in [1.807, 2.05) is 0 Å². The first-order chi connectivity index (χ1) is 10.5. The van der Waals surface area contributed by atoms with Crippen LogP contribution in [0.3, 0.4) is 0 Å². The van der Waals surface area contributed by atoms with Crippen molar-refractivity contribution < 1.29 is 21.6 Å². The quantitative estimate of drug-likeness (QED) is 0.849. The first-order valence-corrected chi connectivity index (χ1v) is 8.58. The van der Waals surface area contributed by atoms with Gasteiger partial charge in [-0.1, -0.05) is 13.5 Å². The van der Waals surface area contributed by atoms with Crippen LogP contribution < -0.4 is 0 Å². The fourth-order valence-electron chi connectivity index (χ4n) is 1.98. The molecule has 1 heterocycles. The van der Waals surface area contributed by atoms with E-state index in [-0.39, 0.29) is 10.7 Å². The zero-order chi connectivity index (χ0) is 17.4. The van der Waals surface area contributed by atoms with Crippen LogP contribution in [-0.2, 0) is 16.0 Å². The van der Waals surface area contributed by atoms with Crippen molar-refractivity contribution in [3.05, 3.63) is 48.6 Å². The number of halogens is 3. The lowest BCUT2D eigenvalue weighted by Crippen LogP contribution is -2.05. The summed E-state index contributed by atoms with van der Waals surface area (Å²) in [5.74, 6) is 0.104. The summed E-state index contributed by atoms with van der Waals surface area (Å²) in [6.07, 6.45) is -2.19. The van der Waals surface area contributed by atoms with Gasteiger partial charge in [-0.25, -0.2) is 13.4 Å². The van der Waals surface area contributed by atoms with E-state index in [0.717, 1.165) is 12.5 Å². The predicted molar refractivity (Wildman–Crippen MR) is 81.0 cm³/mol. The highest BCUT2D eigenvalue weighted by Gasteiger charge is 2.35. The minimum Gasteiger partial charge on any atom is -0.299 e. The second kappa shape index (κ2) is 5.84. The molecule has 0 atom stereocenters. The summed E-state index contributed by atoms with van der Waals surface area (Å²) in [6.45, 7) is 5.50. The third-order valence-electron chi connectivity index (χ3n) is 3.28. The molecule has 0 bridgehead atoms. The highest BCUT2D eigenvalue weighted by atomic mass is 32.2. The van der Waals surface area contributed by atoms with Crippen molar-refractivity contribution in [1.82, 2.24) is 9.55 Å². The summed E-state index contributed by atoms with van der Waals surface area (Å²) in [6, 6.07) is 5.56. The first-order valence-electron chi connectivity index (χ1n) is 6.69. The molecule has 0 saturated heterocycles. The molecule has 23 heavy (non-hydrogen) atoms. The van der Waals surface area contributed by atoms with Crippen LogP contribution in [0.15, 0.2) is 41.9 Å². The second-order valence-electron chi connectivity index (χ2n) is 5.04. The predicted octanol–water partition coefficient (Wildman–Crippen LogP) is 3.72. The Morgan fingerprint density at radius 1 is 1.26 bits per heavy atom. The molecule has 0 N–H and O–H groups in total. The third kappa shape index (κ3) is 3.64. The Morgan fingerprint density at radius 3 is 2.26 bits per heavy atom. The lowest BCUT2D eigenvalue weighted by molar-refractivity contribution is -0.140. The van der Waals surface area contributed by atoms with Crippen LogP contribution in [0.5, 0.6) is 0 Å². The van der Waals surface area contributed by atoms with Crippen molar-refractivity contribution in [3.63, 3.8) is 0 Å². The number of benzene rings is 1. The summed E-state index contributed by atoms with van der Waals surface area (Å²) in [5.41, 5.74) is -0.188. The molecule has 4 nitrogen and oxygen atoms in total. The summed E-state index contributed by atoms with van der Waals surface area (Å²) < 4.78 is 62.9. The molecule has 0 radical (unpaired) electrons. The molecular weight excluding hydrogens is 329 g/mol. The van der Waals surface area contributed by atoms with E-state index >= 15 is 0 Å². The van der Waals surface area contributed by atoms with E-state index in [0.29, 0.717) is 17.7 Å². The van der Waals surface area contributed by atoms with Gasteiger partial charge in [0.05, 0.1) is 4.90 Å². The summed E-state index contributed by atoms with van der Waals surface area (Å²) >= 11 is 0. The van der Waals surface area contributed by atoms with Crippen molar-refractivity contribution in [1.29, 1.82) is 0 Å². The number of allylic oxidation sites excluding steroid dienone is 1. The van der Waals surface area contributed by atoms with Gasteiger partial charge in [0.15, 0.2) is 15.5 Å². The summed E-state index contributed by atoms with van der Waals surface area (Å²) in [4.78, 5) is 3.71. The average molecular weight is 344 g/mol. The summed E-state index contributed by atoms with van der Waals surface area (Å²) in [7, 11) is -3.37. The van der Waals surface area contributed by atoms with Crippen molar-refractivity contribution >= 4 is 15.4 Å². The first kappa shape index (κ1) is 17.3. The minimum absolute atomic E-state index is 0.0910. The minimum atomic E-state index is -4.57. The van der Waals surface area contributed by atoms with E-state index in [9.17, 15) is 21.6 Å². The maximum atomic E-state index is 12.9. The van der Waals surface area contributed by atoms with Gasteiger partial charge in [0.25, 0.3) is 0 Å². The molecule has 0 spiro atoms. The van der Waals surface area contributed by atoms with Crippen LogP contribution >= 0.6 is 0 Å². The normalized spacial score (nSPS) is 12.4. The van der Waals surface area contributed by atoms with Gasteiger partial charge >= 0.3 is 6.18 Å². The molecule has 0 aliphatic carbocycles. The maximum absolute atomic E-state index is 12.9. The Bertz CT molecular complexity index is 835. The topological polar surface area (TPSA) is 52.0 Å². The second-order valence-corrected chi connectivity index (χ2v) is 7.06. The van der Waals surface area contributed by atoms with E-state index in [1.165, 1.54) is 28.8 Å². The molecule has 0 unspecified atom stereocenters. The van der Waals surface area contributed by atoms with Crippen LogP contribution in [0.2, 0.25) is 0 Å². The van der Waals surface area contributed by atoms with Gasteiger partial charge in [-0.3, -0.25) is 4.57 Å². The molecule has 124 valence electrons. The number of hydrogen-bond donors (Lipinski definition) is 0. The number of hydrogen-bond acceptors (Lipinski definition) is 3. The fourth-order valence-corrected chi connectivity index (χ4v) is 2.61. The molecule has 0 amide bonds. The van der Waals surface area contributed by atoms with Crippen LogP contribution in [0.1, 0.15) is 24.9 Å². The van der Waals surface area contributed by atoms with Gasteiger partial charge in [-0.15, -0.1) is 0 Å². The van der Waals surface area contributed by atoms with Gasteiger partial charge in [0, 0.05) is 18.1 Å². The Balaban J connectivity index is 2.57. The van der Waals surface area contributed by atoms with Gasteiger partial charge in [-0.05, 0) is 36.3 Å². The van der Waals surface area contributed by atoms with Crippen molar-refractivity contribution in [2.24, 2.45) is 0 Å². The van der Waals surface area contributed by atoms with Gasteiger partial charge in [-0.2, -0.15) is 13.2 Å². The lowest BCUT2D eigenvalue weighted by atomic mass is 10.2. The molecule has 0 fully saturated rings. The van der Waals surface area contributed by atoms with E-state index < -0.39 is 21.7 Å². The molecule has 8 heteroatoms. The average Bonchev–Trinajstić information content (AvgIpc) is 2.91. The SMILES string of the molecule is C=C(CC)c1nc(C(F)(F)F)cn1-c1ccc(S(C)(=O)=O)cc1. The van der Waals surface area contributed by atoms with Crippen LogP contribution in [0.25, 0.3) is 11.3 Å². The zero-order valence-electron chi connectivity index (χ0n) is 12.6. The van der Waals surface area contributed by atoms with Crippen molar-refractivity contribution in [2.45, 2.75) is 24.4 Å². The molecular formula is C15H15F3N2O2S. The standard InChI is InChI=1S/C15H15F3N2O2S/c1-4-10(2)14-19-13(15(16,17)18)9-20(14)11-5-7-12(8-6-11)23(3,21)22/h5-9H,2,4H2,1,3H3. The third-order valence-corrected chi connectivity index (χ3v) is 4.41. The molecule has 2 rings (SSSR count). The Kier molecular flexibility index (Phi) is 4.39. The number of rotatable bonds is 4. The van der Waals surface area contributed by atoms with Crippen LogP contribution in [0.4, 0.5) is 13.2 Å². The van der Waals surface area contributed by atoms with E-state index in [4.69, 9.17) is 0 Å². The number of alkyl halides is 3. The lowest BCUT2D eigenvalue weighted by Gasteiger charge is -2.09. The van der Waals surface area contributed by atoms with Crippen molar-refractivity contribution in [3.8, 4) is 5.69 Å². The molecule has 1 aromatic carbocycles. The highest BCUT2D eigenvalue weighted by Crippen LogP contribution is 2.31. The monoisotopic (exact) mass is 344 g/mol. The van der Waals surface area contributed by atoms with Gasteiger partial charge < -0.3 is 0 Å². The Morgan fingerprint density at radius 2 is 1.83 bits per heavy atom. The highest BCUT2D eigenvalue weighted by molar-refractivity contribution is 7.90. The number of imidazole rings is 1. The van der Waals surface area contributed by atoms with E-state index in [2.05, 4.69) is 11.6 Å². The van der Waals surface area contributed by atoms with Gasteiger partial charge in [0.1, 0.15) is 5.82 Å². The summed E-state index contributed by atoms with van der Waals surface area (Å²) in [5, 5.41) is 0. The Hall–Kier alpha value is -2.09. The smallest absolute Gasteiger partial charge is 0.299 e. The molecule has 0 saturated carbocycles. The van der Waals surface area contributed by atoms with Crippen LogP contribution in [-0.4, -0.2) is 24.2 Å². The maximum Gasteiger partial charge on any atom is 0.434 e. The largest absolute Gasteiger partial charge is 0.434 e. The molecule has 0 aliphatic heterocycles. The van der Waals surface area contributed by atoms with E-state index in [1.54, 1.807) is 6.92 Å². The van der Waals surface area contributed by atoms with Gasteiger partial charge in [0.2, 0.25) is 0 Å².